The lowest BCUT2D eigenvalue weighted by molar-refractivity contribution is -0.117. The lowest BCUT2D eigenvalue weighted by Gasteiger charge is -2.16. The first kappa shape index (κ1) is 24.4. The zero-order valence-electron chi connectivity index (χ0n) is 19.7. The standard InChI is InChI=1S/C28H31N3O4/c32-27(29-15-8-18-31-16-5-6-17-31)23(19-22-10-2-4-13-25(22)28(33)30-34)20-35-26-14-7-11-21-9-1-3-12-24(21)26/h1-4,7,9-14,19,34H,5-6,8,15-18,20H2,(H,29,32)(H,30,33). The third-order valence-electron chi connectivity index (χ3n) is 6.20. The number of hydrogen-bond acceptors (Lipinski definition) is 5. The SMILES string of the molecule is O=C(NCCCN1CCCC1)C(=Cc1ccccc1C(=O)NO)COc1cccc2ccccc12. The zero-order chi connectivity index (χ0) is 24.5. The van der Waals surface area contributed by atoms with E-state index in [9.17, 15) is 9.59 Å². The number of hydroxylamine groups is 1. The minimum atomic E-state index is -0.641. The van der Waals surface area contributed by atoms with Crippen LogP contribution >= 0.6 is 0 Å². The van der Waals surface area contributed by atoms with E-state index in [1.807, 2.05) is 42.5 Å². The molecule has 1 aliphatic rings. The summed E-state index contributed by atoms with van der Waals surface area (Å²) in [6, 6.07) is 20.5. The summed E-state index contributed by atoms with van der Waals surface area (Å²) >= 11 is 0. The molecule has 1 saturated heterocycles. The number of hydrogen-bond donors (Lipinski definition) is 3. The largest absolute Gasteiger partial charge is 0.488 e. The van der Waals surface area contributed by atoms with Gasteiger partial charge < -0.3 is 15.0 Å². The van der Waals surface area contributed by atoms with Crippen molar-refractivity contribution in [2.45, 2.75) is 19.3 Å². The van der Waals surface area contributed by atoms with Crippen molar-refractivity contribution in [2.75, 3.05) is 32.8 Å². The van der Waals surface area contributed by atoms with Crippen LogP contribution in [0.1, 0.15) is 35.2 Å². The van der Waals surface area contributed by atoms with Crippen molar-refractivity contribution < 1.29 is 19.5 Å². The Kier molecular flexibility index (Phi) is 8.48. The fraction of sp³-hybridized carbons (Fsp3) is 0.286. The number of rotatable bonds is 10. The molecule has 0 aromatic heterocycles. The molecule has 0 aliphatic carbocycles. The van der Waals surface area contributed by atoms with E-state index >= 15 is 0 Å². The van der Waals surface area contributed by atoms with Gasteiger partial charge in [0, 0.05) is 17.5 Å². The van der Waals surface area contributed by atoms with Gasteiger partial charge in [0.15, 0.2) is 0 Å². The molecule has 1 aliphatic heterocycles. The van der Waals surface area contributed by atoms with Crippen LogP contribution in [0.3, 0.4) is 0 Å². The molecule has 4 rings (SSSR count). The number of amides is 2. The molecule has 0 spiro atoms. The van der Waals surface area contributed by atoms with Crippen LogP contribution in [0.4, 0.5) is 0 Å². The Morgan fingerprint density at radius 3 is 2.54 bits per heavy atom. The first-order valence-corrected chi connectivity index (χ1v) is 12.0. The lowest BCUT2D eigenvalue weighted by Crippen LogP contribution is -2.31. The monoisotopic (exact) mass is 473 g/mol. The van der Waals surface area contributed by atoms with E-state index in [0.29, 0.717) is 23.4 Å². The summed E-state index contributed by atoms with van der Waals surface area (Å²) < 4.78 is 6.10. The summed E-state index contributed by atoms with van der Waals surface area (Å²) in [5.41, 5.74) is 2.83. The molecule has 0 unspecified atom stereocenters. The van der Waals surface area contributed by atoms with Crippen LogP contribution < -0.4 is 15.5 Å². The molecule has 0 bridgehead atoms. The predicted molar refractivity (Wildman–Crippen MR) is 136 cm³/mol. The summed E-state index contributed by atoms with van der Waals surface area (Å²) in [5.74, 6) is -0.208. The smallest absolute Gasteiger partial charge is 0.275 e. The van der Waals surface area contributed by atoms with Crippen molar-refractivity contribution in [2.24, 2.45) is 0 Å². The van der Waals surface area contributed by atoms with E-state index in [4.69, 9.17) is 9.94 Å². The van der Waals surface area contributed by atoms with Gasteiger partial charge in [-0.05, 0) is 68.1 Å². The Morgan fingerprint density at radius 2 is 1.71 bits per heavy atom. The fourth-order valence-corrected chi connectivity index (χ4v) is 4.35. The highest BCUT2D eigenvalue weighted by molar-refractivity contribution is 6.02. The molecule has 1 fully saturated rings. The van der Waals surface area contributed by atoms with E-state index < -0.39 is 5.91 Å². The number of fused-ring (bicyclic) bond motifs is 1. The van der Waals surface area contributed by atoms with E-state index in [0.717, 1.165) is 36.8 Å². The second kappa shape index (κ2) is 12.1. The maximum absolute atomic E-state index is 13.2. The molecule has 1 heterocycles. The predicted octanol–water partition coefficient (Wildman–Crippen LogP) is 4.02. The Bertz CT molecular complexity index is 1200. The van der Waals surface area contributed by atoms with E-state index in [1.165, 1.54) is 12.8 Å². The Morgan fingerprint density at radius 1 is 0.971 bits per heavy atom. The van der Waals surface area contributed by atoms with E-state index in [1.54, 1.807) is 35.8 Å². The minimum absolute atomic E-state index is 0.0288. The number of carbonyl (C=O) groups excluding carboxylic acids is 2. The van der Waals surface area contributed by atoms with Crippen LogP contribution in [0, 0.1) is 0 Å². The number of nitrogens with zero attached hydrogens (tertiary/aromatic N) is 1. The summed E-state index contributed by atoms with van der Waals surface area (Å²) in [7, 11) is 0. The summed E-state index contributed by atoms with van der Waals surface area (Å²) in [4.78, 5) is 27.7. The van der Waals surface area contributed by atoms with Crippen molar-refractivity contribution in [1.29, 1.82) is 0 Å². The average Bonchev–Trinajstić information content (AvgIpc) is 3.42. The Labute approximate surface area is 205 Å². The minimum Gasteiger partial charge on any atom is -0.488 e. The van der Waals surface area contributed by atoms with Gasteiger partial charge in [0.25, 0.3) is 11.8 Å². The van der Waals surface area contributed by atoms with Crippen molar-refractivity contribution in [3.8, 4) is 5.75 Å². The lowest BCUT2D eigenvalue weighted by atomic mass is 10.0. The Balaban J connectivity index is 1.52. The molecule has 35 heavy (non-hydrogen) atoms. The summed E-state index contributed by atoms with van der Waals surface area (Å²) in [5, 5.41) is 14.1. The van der Waals surface area contributed by atoms with Crippen molar-refractivity contribution >= 4 is 28.7 Å². The average molecular weight is 474 g/mol. The number of likely N-dealkylation sites (tertiary alicyclic amines) is 1. The van der Waals surface area contributed by atoms with Crippen LogP contribution in [-0.2, 0) is 4.79 Å². The van der Waals surface area contributed by atoms with Crippen molar-refractivity contribution in [1.82, 2.24) is 15.7 Å². The molecule has 182 valence electrons. The van der Waals surface area contributed by atoms with E-state index in [2.05, 4.69) is 10.2 Å². The van der Waals surface area contributed by atoms with Gasteiger partial charge >= 0.3 is 0 Å². The fourth-order valence-electron chi connectivity index (χ4n) is 4.35. The van der Waals surface area contributed by atoms with Gasteiger partial charge in [0.2, 0.25) is 0 Å². The van der Waals surface area contributed by atoms with Crippen LogP contribution in [0.25, 0.3) is 16.8 Å². The second-order valence-corrected chi connectivity index (χ2v) is 8.62. The molecular weight excluding hydrogens is 442 g/mol. The van der Waals surface area contributed by atoms with E-state index in [-0.39, 0.29) is 18.1 Å². The molecule has 3 aromatic carbocycles. The molecule has 2 amide bonds. The van der Waals surface area contributed by atoms with Gasteiger partial charge in [-0.25, -0.2) is 5.48 Å². The third-order valence-corrected chi connectivity index (χ3v) is 6.20. The van der Waals surface area contributed by atoms with Gasteiger partial charge in [0.1, 0.15) is 12.4 Å². The first-order valence-electron chi connectivity index (χ1n) is 12.0. The maximum Gasteiger partial charge on any atom is 0.275 e. The molecule has 7 heteroatoms. The van der Waals surface area contributed by atoms with Crippen LogP contribution in [0.15, 0.2) is 72.3 Å². The number of carbonyl (C=O) groups is 2. The molecule has 0 radical (unpaired) electrons. The third kappa shape index (κ3) is 6.47. The van der Waals surface area contributed by atoms with Crippen LogP contribution in [0.5, 0.6) is 5.75 Å². The molecule has 0 atom stereocenters. The maximum atomic E-state index is 13.2. The van der Waals surface area contributed by atoms with Gasteiger partial charge in [-0.15, -0.1) is 0 Å². The molecule has 0 saturated carbocycles. The summed E-state index contributed by atoms with van der Waals surface area (Å²) in [6.45, 7) is 3.80. The molecule has 7 nitrogen and oxygen atoms in total. The van der Waals surface area contributed by atoms with Gasteiger partial charge in [-0.1, -0.05) is 54.6 Å². The van der Waals surface area contributed by atoms with Gasteiger partial charge in [-0.2, -0.15) is 0 Å². The highest BCUT2D eigenvalue weighted by atomic mass is 16.5. The molecule has 3 N–H and O–H groups in total. The van der Waals surface area contributed by atoms with Crippen LogP contribution in [-0.4, -0.2) is 54.7 Å². The highest BCUT2D eigenvalue weighted by Crippen LogP contribution is 2.26. The first-order chi connectivity index (χ1) is 17.2. The number of nitrogens with one attached hydrogen (secondary N) is 2. The zero-order valence-corrected chi connectivity index (χ0v) is 19.7. The van der Waals surface area contributed by atoms with Gasteiger partial charge in [0.05, 0.1) is 5.57 Å². The normalized spacial score (nSPS) is 14.1. The quantitative estimate of drug-likeness (QED) is 0.179. The number of benzene rings is 3. The van der Waals surface area contributed by atoms with Crippen molar-refractivity contribution in [3.63, 3.8) is 0 Å². The highest BCUT2D eigenvalue weighted by Gasteiger charge is 2.16. The van der Waals surface area contributed by atoms with Crippen molar-refractivity contribution in [3.05, 3.63) is 83.4 Å². The van der Waals surface area contributed by atoms with Crippen LogP contribution in [0.2, 0.25) is 0 Å². The number of ether oxygens (including phenoxy) is 1. The molecule has 3 aromatic rings. The second-order valence-electron chi connectivity index (χ2n) is 8.62. The molecular formula is C28H31N3O4. The Hall–Kier alpha value is -3.68. The summed E-state index contributed by atoms with van der Waals surface area (Å²) in [6.07, 6.45) is 5.00. The topological polar surface area (TPSA) is 90.9 Å². The van der Waals surface area contributed by atoms with Gasteiger partial charge in [-0.3, -0.25) is 14.8 Å².